The zero-order valence-corrected chi connectivity index (χ0v) is 20.3. The molecule has 13 heteroatoms. The Morgan fingerprint density at radius 3 is 1.70 bits per heavy atom. The van der Waals surface area contributed by atoms with Crippen molar-refractivity contribution in [3.05, 3.63) is 0 Å². The van der Waals surface area contributed by atoms with E-state index in [2.05, 4.69) is 0 Å². The van der Waals surface area contributed by atoms with Crippen LogP contribution in [0.2, 0.25) is 5.54 Å². The topological polar surface area (TPSA) is 74.2 Å². The number of esters is 1. The molecular weight excluding hydrogens is 478 g/mol. The minimum absolute atomic E-state index is 0.0121. The number of hydrogen-bond donors (Lipinski definition) is 1. The lowest BCUT2D eigenvalue weighted by Gasteiger charge is -2.44. The van der Waals surface area contributed by atoms with Crippen LogP contribution in [0.25, 0.3) is 0 Å². The quantitative estimate of drug-likeness (QED) is 0.263. The number of halogens is 6. The van der Waals surface area contributed by atoms with Crippen LogP contribution in [0.1, 0.15) is 53.9 Å². The molecule has 2 saturated carbocycles. The number of carbonyl (C=O) groups excluding carboxylic acids is 1. The van der Waals surface area contributed by atoms with Crippen LogP contribution in [-0.2, 0) is 22.8 Å². The second-order valence-corrected chi connectivity index (χ2v) is 11.8. The molecule has 0 radical (unpaired) electrons. The Kier molecular flexibility index (Phi) is 8.27. The van der Waals surface area contributed by atoms with Gasteiger partial charge in [-0.2, -0.15) is 26.3 Å². The first-order valence-corrected chi connectivity index (χ1v) is 12.8. The highest BCUT2D eigenvalue weighted by Gasteiger charge is 2.79. The van der Waals surface area contributed by atoms with Crippen molar-refractivity contribution < 1.29 is 54.3 Å². The molecule has 1 N–H and O–H groups in total. The number of aliphatic hydroxyl groups is 1. The minimum Gasteiger partial charge on any atom is -0.456 e. The van der Waals surface area contributed by atoms with E-state index in [0.717, 1.165) is 0 Å². The van der Waals surface area contributed by atoms with Crippen LogP contribution in [0.15, 0.2) is 0 Å². The fourth-order valence-electron chi connectivity index (χ4n) is 5.32. The van der Waals surface area contributed by atoms with Gasteiger partial charge in [0, 0.05) is 25.4 Å². The zero-order valence-electron chi connectivity index (χ0n) is 19.3. The molecule has 194 valence electrons. The van der Waals surface area contributed by atoms with E-state index in [-0.39, 0.29) is 37.7 Å². The fourth-order valence-corrected chi connectivity index (χ4v) is 8.94. The third-order valence-electron chi connectivity index (χ3n) is 6.65. The first-order chi connectivity index (χ1) is 15.0. The molecule has 4 atom stereocenters. The van der Waals surface area contributed by atoms with Gasteiger partial charge in [-0.05, 0) is 65.7 Å². The number of hydrogen-bond acceptors (Lipinski definition) is 6. The highest BCUT2D eigenvalue weighted by Crippen LogP contribution is 2.59. The monoisotopic (exact) mass is 510 g/mol. The molecule has 4 unspecified atom stereocenters. The Morgan fingerprint density at radius 1 is 0.879 bits per heavy atom. The van der Waals surface area contributed by atoms with Gasteiger partial charge >= 0.3 is 27.1 Å². The summed E-state index contributed by atoms with van der Waals surface area (Å²) >= 11 is 0. The molecule has 0 heterocycles. The Hall–Kier alpha value is -0.893. The predicted octanol–water partition coefficient (Wildman–Crippen LogP) is 4.63. The Labute approximate surface area is 190 Å². The van der Waals surface area contributed by atoms with E-state index in [0.29, 0.717) is 26.7 Å². The van der Waals surface area contributed by atoms with E-state index in [1.807, 2.05) is 0 Å². The van der Waals surface area contributed by atoms with E-state index < -0.39 is 50.2 Å². The molecule has 0 saturated heterocycles. The van der Waals surface area contributed by atoms with Crippen LogP contribution in [0, 0.1) is 17.8 Å². The van der Waals surface area contributed by atoms with Gasteiger partial charge < -0.3 is 23.1 Å². The number of rotatable bonds is 10. The van der Waals surface area contributed by atoms with E-state index in [9.17, 15) is 36.2 Å². The molecule has 0 amide bonds. The highest BCUT2D eigenvalue weighted by atomic mass is 28.4. The lowest BCUT2D eigenvalue weighted by atomic mass is 9.83. The van der Waals surface area contributed by atoms with Crippen molar-refractivity contribution in [2.45, 2.75) is 83.0 Å². The van der Waals surface area contributed by atoms with Gasteiger partial charge in [-0.3, -0.25) is 4.79 Å². The van der Waals surface area contributed by atoms with Gasteiger partial charge in [0.05, 0.1) is 5.92 Å². The van der Waals surface area contributed by atoms with Gasteiger partial charge in [0.2, 0.25) is 0 Å². The third kappa shape index (κ3) is 4.93. The fraction of sp³-hybridized carbons (Fsp3) is 0.950. The van der Waals surface area contributed by atoms with Gasteiger partial charge in [-0.1, -0.05) is 0 Å². The molecule has 0 aliphatic heterocycles. The number of alkyl halides is 6. The molecule has 2 aliphatic carbocycles. The zero-order chi connectivity index (χ0) is 25.5. The normalized spacial score (nSPS) is 26.7. The first-order valence-electron chi connectivity index (χ1n) is 11.0. The standard InChI is InChI=1S/C20H32F6O6Si/c1-6-29-33(30-7-2,31-8-3)15-11-12-9-13(15)14(10-12)16(27)32-17(4,5)18(28,19(21,22)23)20(24,25)26/h12-15,28H,6-11H2,1-5H3. The van der Waals surface area contributed by atoms with Crippen LogP contribution < -0.4 is 0 Å². The summed E-state index contributed by atoms with van der Waals surface area (Å²) in [6.45, 7) is 6.96. The largest absolute Gasteiger partial charge is 0.504 e. The molecule has 2 rings (SSSR count). The third-order valence-corrected chi connectivity index (χ3v) is 10.3. The van der Waals surface area contributed by atoms with Crippen LogP contribution >= 0.6 is 0 Å². The summed E-state index contributed by atoms with van der Waals surface area (Å²) < 4.78 is 103. The molecule has 6 nitrogen and oxygen atoms in total. The van der Waals surface area contributed by atoms with Gasteiger partial charge in [0.15, 0.2) is 5.60 Å². The van der Waals surface area contributed by atoms with Crippen molar-refractivity contribution in [1.29, 1.82) is 0 Å². The number of fused-ring (bicyclic) bond motifs is 2. The molecular formula is C20H32F6O6Si. The van der Waals surface area contributed by atoms with Crippen molar-refractivity contribution in [1.82, 2.24) is 0 Å². The first kappa shape index (κ1) is 28.3. The summed E-state index contributed by atoms with van der Waals surface area (Å²) in [6.07, 6.45) is -10.8. The summed E-state index contributed by atoms with van der Waals surface area (Å²) in [5.41, 5.74) is -8.88. The summed E-state index contributed by atoms with van der Waals surface area (Å²) in [5.74, 6) is -2.58. The Morgan fingerprint density at radius 2 is 1.33 bits per heavy atom. The van der Waals surface area contributed by atoms with Crippen LogP contribution in [-0.4, -0.2) is 63.3 Å². The molecule has 2 fully saturated rings. The summed E-state index contributed by atoms with van der Waals surface area (Å²) in [4.78, 5) is 12.9. The van der Waals surface area contributed by atoms with E-state index in [1.54, 1.807) is 20.8 Å². The van der Waals surface area contributed by atoms with Crippen molar-refractivity contribution in [3.8, 4) is 0 Å². The average molecular weight is 511 g/mol. The molecule has 33 heavy (non-hydrogen) atoms. The maximum absolute atomic E-state index is 13.3. The molecule has 0 aromatic carbocycles. The summed E-state index contributed by atoms with van der Waals surface area (Å²) in [5, 5.41) is 9.75. The molecule has 0 spiro atoms. The minimum atomic E-state index is -6.12. The molecule has 2 aliphatic rings. The summed E-state index contributed by atoms with van der Waals surface area (Å²) in [7, 11) is -3.28. The van der Waals surface area contributed by atoms with E-state index in [1.165, 1.54) is 0 Å². The van der Waals surface area contributed by atoms with Crippen molar-refractivity contribution >= 4 is 14.8 Å². The SMILES string of the molecule is CCO[Si](OCC)(OCC)C1CC2CC(C(=O)OC(C)(C)C(O)(C(F)(F)F)C(F)(F)F)C1C2. The summed E-state index contributed by atoms with van der Waals surface area (Å²) in [6, 6.07) is 0. The van der Waals surface area contributed by atoms with Crippen molar-refractivity contribution in [2.24, 2.45) is 17.8 Å². The maximum atomic E-state index is 13.3. The predicted molar refractivity (Wildman–Crippen MR) is 106 cm³/mol. The van der Waals surface area contributed by atoms with Gasteiger partial charge in [-0.25, -0.2) is 0 Å². The van der Waals surface area contributed by atoms with Gasteiger partial charge in [-0.15, -0.1) is 0 Å². The highest BCUT2D eigenvalue weighted by molar-refractivity contribution is 6.62. The molecule has 0 aromatic heterocycles. The lowest BCUT2D eigenvalue weighted by Crippen LogP contribution is -2.70. The molecule has 0 aromatic rings. The maximum Gasteiger partial charge on any atom is 0.504 e. The van der Waals surface area contributed by atoms with Crippen molar-refractivity contribution in [2.75, 3.05) is 19.8 Å². The van der Waals surface area contributed by atoms with E-state index in [4.69, 9.17) is 18.0 Å². The second kappa shape index (κ2) is 9.63. The van der Waals surface area contributed by atoms with E-state index >= 15 is 0 Å². The second-order valence-electron chi connectivity index (χ2n) is 8.99. The van der Waals surface area contributed by atoms with Crippen molar-refractivity contribution in [3.63, 3.8) is 0 Å². The Balaban J connectivity index is 2.32. The number of ether oxygens (including phenoxy) is 1. The smallest absolute Gasteiger partial charge is 0.456 e. The number of carbonyl (C=O) groups is 1. The van der Waals surface area contributed by atoms with Crippen LogP contribution in [0.5, 0.6) is 0 Å². The van der Waals surface area contributed by atoms with Crippen LogP contribution in [0.3, 0.4) is 0 Å². The van der Waals surface area contributed by atoms with Crippen LogP contribution in [0.4, 0.5) is 26.3 Å². The molecule has 2 bridgehead atoms. The average Bonchev–Trinajstić information content (AvgIpc) is 3.27. The van der Waals surface area contributed by atoms with Gasteiger partial charge in [0.25, 0.3) is 5.60 Å². The Bertz CT molecular complexity index is 666. The van der Waals surface area contributed by atoms with Gasteiger partial charge in [0.1, 0.15) is 0 Å². The lowest BCUT2D eigenvalue weighted by molar-refractivity contribution is -0.407.